The molecule has 0 radical (unpaired) electrons. The van der Waals surface area contributed by atoms with Crippen molar-refractivity contribution in [3.8, 4) is 0 Å². The van der Waals surface area contributed by atoms with Crippen molar-refractivity contribution in [1.29, 1.82) is 0 Å². The third-order valence-electron chi connectivity index (χ3n) is 4.51. The zero-order valence-electron chi connectivity index (χ0n) is 12.7. The minimum atomic E-state index is -2.09. The van der Waals surface area contributed by atoms with Crippen molar-refractivity contribution in [2.24, 2.45) is 4.36 Å². The quantitative estimate of drug-likeness (QED) is 0.732. The third-order valence-corrected chi connectivity index (χ3v) is 8.35. The summed E-state index contributed by atoms with van der Waals surface area (Å²) in [6.07, 6.45) is 1.32. The van der Waals surface area contributed by atoms with E-state index in [0.717, 1.165) is 0 Å². The van der Waals surface area contributed by atoms with Crippen molar-refractivity contribution in [2.45, 2.75) is 18.4 Å². The molecule has 1 aromatic rings. The van der Waals surface area contributed by atoms with Crippen LogP contribution in [0.3, 0.4) is 0 Å². The fraction of sp³-hybridized carbons (Fsp3) is 0.643. The Morgan fingerprint density at radius 2 is 2.13 bits per heavy atom. The molecular formula is C14H18Cl2N2O3S2. The van der Waals surface area contributed by atoms with Gasteiger partial charge >= 0.3 is 0 Å². The highest BCUT2D eigenvalue weighted by molar-refractivity contribution is 7.93. The predicted octanol–water partition coefficient (Wildman–Crippen LogP) is 3.16. The van der Waals surface area contributed by atoms with Crippen LogP contribution in [-0.4, -0.2) is 58.9 Å². The Morgan fingerprint density at radius 3 is 2.70 bits per heavy atom. The highest BCUT2D eigenvalue weighted by Gasteiger charge is 2.42. The summed E-state index contributed by atoms with van der Waals surface area (Å²) < 4.78 is 23.3. The van der Waals surface area contributed by atoms with Gasteiger partial charge in [-0.1, -0.05) is 23.2 Å². The van der Waals surface area contributed by atoms with Crippen molar-refractivity contribution in [3.63, 3.8) is 0 Å². The van der Waals surface area contributed by atoms with Crippen LogP contribution in [0.2, 0.25) is 8.67 Å². The molecule has 0 saturated carbocycles. The Balaban J connectivity index is 1.75. The minimum absolute atomic E-state index is 0.118. The van der Waals surface area contributed by atoms with Crippen molar-refractivity contribution >= 4 is 50.2 Å². The summed E-state index contributed by atoms with van der Waals surface area (Å²) in [4.78, 5) is 14.5. The van der Waals surface area contributed by atoms with Gasteiger partial charge in [0, 0.05) is 34.8 Å². The summed E-state index contributed by atoms with van der Waals surface area (Å²) in [5.41, 5.74) is 0.0353. The van der Waals surface area contributed by atoms with E-state index in [4.69, 9.17) is 27.9 Å². The van der Waals surface area contributed by atoms with E-state index < -0.39 is 15.3 Å². The van der Waals surface area contributed by atoms with E-state index in [2.05, 4.69) is 4.36 Å². The first-order valence-corrected chi connectivity index (χ1v) is 10.8. The molecule has 2 aliphatic heterocycles. The van der Waals surface area contributed by atoms with Gasteiger partial charge in [0.05, 0.1) is 28.7 Å². The molecule has 1 amide bonds. The highest BCUT2D eigenvalue weighted by atomic mass is 35.5. The highest BCUT2D eigenvalue weighted by Crippen LogP contribution is 2.35. The number of rotatable bonds is 1. The minimum Gasteiger partial charge on any atom is -0.371 e. The predicted molar refractivity (Wildman–Crippen MR) is 94.4 cm³/mol. The van der Waals surface area contributed by atoms with E-state index in [0.29, 0.717) is 58.3 Å². The van der Waals surface area contributed by atoms with Crippen molar-refractivity contribution in [2.75, 3.05) is 38.2 Å². The summed E-state index contributed by atoms with van der Waals surface area (Å²) in [7, 11) is -0.481. The van der Waals surface area contributed by atoms with Gasteiger partial charge in [0.15, 0.2) is 0 Å². The van der Waals surface area contributed by atoms with E-state index in [9.17, 15) is 9.00 Å². The first-order valence-electron chi connectivity index (χ1n) is 7.35. The molecule has 9 heteroatoms. The summed E-state index contributed by atoms with van der Waals surface area (Å²) >= 11 is 13.2. The lowest BCUT2D eigenvalue weighted by atomic mass is 9.94. The number of thiophene rings is 1. The molecule has 5 nitrogen and oxygen atoms in total. The molecular weight excluding hydrogens is 379 g/mol. The van der Waals surface area contributed by atoms with E-state index >= 15 is 0 Å². The Labute approximate surface area is 150 Å². The molecule has 0 unspecified atom stereocenters. The SMILES string of the molecule is CN=S1(=O)CCC2(CC1)CN(C(=O)c1cc(Cl)sc1Cl)CCO2. The number of halogens is 2. The second kappa shape index (κ2) is 6.52. The maximum Gasteiger partial charge on any atom is 0.256 e. The number of ether oxygens (including phenoxy) is 1. The molecule has 2 fully saturated rings. The molecule has 128 valence electrons. The Hall–Kier alpha value is -0.340. The number of morpholine rings is 1. The summed E-state index contributed by atoms with van der Waals surface area (Å²) in [6.45, 7) is 1.50. The lowest BCUT2D eigenvalue weighted by Gasteiger charge is -2.45. The Morgan fingerprint density at radius 1 is 1.43 bits per heavy atom. The molecule has 0 N–H and O–H groups in total. The number of nitrogens with zero attached hydrogens (tertiary/aromatic N) is 2. The number of hydrogen-bond donors (Lipinski definition) is 0. The van der Waals surface area contributed by atoms with E-state index in [1.165, 1.54) is 11.3 Å². The molecule has 0 bridgehead atoms. The van der Waals surface area contributed by atoms with Gasteiger partial charge in [-0.25, -0.2) is 8.57 Å². The molecule has 3 heterocycles. The van der Waals surface area contributed by atoms with Crippen LogP contribution in [0.5, 0.6) is 0 Å². The fourth-order valence-electron chi connectivity index (χ4n) is 3.08. The first-order chi connectivity index (χ1) is 10.9. The Bertz CT molecular complexity index is 726. The second-order valence-electron chi connectivity index (χ2n) is 5.86. The van der Waals surface area contributed by atoms with Crippen molar-refractivity contribution in [3.05, 3.63) is 20.3 Å². The van der Waals surface area contributed by atoms with Crippen LogP contribution < -0.4 is 0 Å². The van der Waals surface area contributed by atoms with Gasteiger partial charge in [0.25, 0.3) is 5.91 Å². The normalized spacial score (nSPS) is 31.3. The van der Waals surface area contributed by atoms with Crippen LogP contribution in [-0.2, 0) is 14.5 Å². The maximum atomic E-state index is 12.7. The second-order valence-corrected chi connectivity index (χ2v) is 10.9. The van der Waals surface area contributed by atoms with Gasteiger partial charge in [-0.2, -0.15) is 0 Å². The van der Waals surface area contributed by atoms with E-state index in [1.54, 1.807) is 18.0 Å². The van der Waals surface area contributed by atoms with E-state index in [-0.39, 0.29) is 5.91 Å². The van der Waals surface area contributed by atoms with Gasteiger partial charge < -0.3 is 9.64 Å². The maximum absolute atomic E-state index is 12.7. The van der Waals surface area contributed by atoms with Crippen LogP contribution >= 0.6 is 34.5 Å². The summed E-state index contributed by atoms with van der Waals surface area (Å²) in [5.74, 6) is 0.931. The topological polar surface area (TPSA) is 59.0 Å². The van der Waals surface area contributed by atoms with Gasteiger partial charge in [0.1, 0.15) is 4.34 Å². The Kier molecular flexibility index (Phi) is 4.95. The van der Waals surface area contributed by atoms with Crippen LogP contribution in [0.25, 0.3) is 0 Å². The summed E-state index contributed by atoms with van der Waals surface area (Å²) in [5, 5.41) is 0. The van der Waals surface area contributed by atoms with Crippen LogP contribution in [0.1, 0.15) is 23.2 Å². The van der Waals surface area contributed by atoms with Gasteiger partial charge in [-0.05, 0) is 18.9 Å². The zero-order valence-corrected chi connectivity index (χ0v) is 15.9. The molecule has 2 saturated heterocycles. The van der Waals surface area contributed by atoms with Gasteiger partial charge in [-0.3, -0.25) is 4.79 Å². The van der Waals surface area contributed by atoms with Crippen LogP contribution in [0.15, 0.2) is 10.4 Å². The molecule has 1 aromatic heterocycles. The smallest absolute Gasteiger partial charge is 0.256 e. The molecule has 0 aromatic carbocycles. The largest absolute Gasteiger partial charge is 0.371 e. The lowest BCUT2D eigenvalue weighted by Crippen LogP contribution is -2.56. The molecule has 3 rings (SSSR count). The summed E-state index contributed by atoms with van der Waals surface area (Å²) in [6, 6.07) is 1.61. The average Bonchev–Trinajstić information content (AvgIpc) is 2.89. The van der Waals surface area contributed by atoms with E-state index in [1.807, 2.05) is 0 Å². The van der Waals surface area contributed by atoms with Gasteiger partial charge in [0.2, 0.25) is 0 Å². The molecule has 2 aliphatic rings. The fourth-order valence-corrected chi connectivity index (χ4v) is 6.48. The standard InChI is InChI=1S/C14H18Cl2N2O3S2/c1-17-23(20)6-2-14(3-7-23)9-18(4-5-21-14)13(19)10-8-11(15)22-12(10)16/h8H,2-7,9H2,1H3. The van der Waals surface area contributed by atoms with Crippen LogP contribution in [0.4, 0.5) is 0 Å². The average molecular weight is 397 g/mol. The number of hydrogen-bond acceptors (Lipinski definition) is 5. The van der Waals surface area contributed by atoms with Crippen LogP contribution in [0, 0.1) is 0 Å². The lowest BCUT2D eigenvalue weighted by molar-refractivity contribution is -0.104. The monoisotopic (exact) mass is 396 g/mol. The number of carbonyl (C=O) groups is 1. The third kappa shape index (κ3) is 3.54. The zero-order chi connectivity index (χ0) is 16.7. The van der Waals surface area contributed by atoms with Crippen molar-refractivity contribution in [1.82, 2.24) is 4.90 Å². The molecule has 1 spiro atoms. The molecule has 0 aliphatic carbocycles. The van der Waals surface area contributed by atoms with Gasteiger partial charge in [-0.15, -0.1) is 11.3 Å². The number of carbonyl (C=O) groups excluding carboxylic acids is 1. The first kappa shape index (κ1) is 17.5. The molecule has 23 heavy (non-hydrogen) atoms. The van der Waals surface area contributed by atoms with Crippen molar-refractivity contribution < 1.29 is 13.7 Å². The molecule has 0 atom stereocenters. The number of amides is 1.